The van der Waals surface area contributed by atoms with Gasteiger partial charge >= 0.3 is 0 Å². The molecule has 5 rings (SSSR count). The van der Waals surface area contributed by atoms with E-state index in [0.717, 1.165) is 25.2 Å². The first-order valence-corrected chi connectivity index (χ1v) is 14.3. The van der Waals surface area contributed by atoms with Gasteiger partial charge in [-0.15, -0.1) is 0 Å². The third-order valence-electron chi connectivity index (χ3n) is 7.65. The lowest BCUT2D eigenvalue weighted by molar-refractivity contribution is 0.0759. The van der Waals surface area contributed by atoms with E-state index >= 15 is 0 Å². The van der Waals surface area contributed by atoms with Crippen molar-refractivity contribution >= 4 is 29.1 Å². The highest BCUT2D eigenvalue weighted by molar-refractivity contribution is 6.07. The summed E-state index contributed by atoms with van der Waals surface area (Å²) in [5.74, 6) is -0.492. The van der Waals surface area contributed by atoms with Crippen LogP contribution in [-0.4, -0.2) is 87.0 Å². The average Bonchev–Trinajstić information content (AvgIpc) is 3.44. The van der Waals surface area contributed by atoms with Gasteiger partial charge < -0.3 is 30.1 Å². The molecular formula is C32H36FN5O4. The van der Waals surface area contributed by atoms with Crippen molar-refractivity contribution in [2.45, 2.75) is 12.8 Å². The summed E-state index contributed by atoms with van der Waals surface area (Å²) in [5, 5.41) is 6.35. The molecule has 2 saturated heterocycles. The zero-order chi connectivity index (χ0) is 29.5. The molecule has 0 unspecified atom stereocenters. The van der Waals surface area contributed by atoms with Crippen molar-refractivity contribution in [2.75, 3.05) is 69.7 Å². The van der Waals surface area contributed by atoms with Crippen LogP contribution in [-0.2, 0) is 0 Å². The minimum absolute atomic E-state index is 0.0788. The minimum atomic E-state index is -0.445. The molecule has 2 heterocycles. The average molecular weight is 574 g/mol. The van der Waals surface area contributed by atoms with Gasteiger partial charge in [-0.1, -0.05) is 12.1 Å². The Labute approximate surface area is 245 Å². The quantitative estimate of drug-likeness (QED) is 0.465. The fourth-order valence-electron chi connectivity index (χ4n) is 5.40. The Bertz CT molecular complexity index is 1440. The number of anilines is 2. The lowest BCUT2D eigenvalue weighted by atomic mass is 10.1. The van der Waals surface area contributed by atoms with Crippen LogP contribution in [0.2, 0.25) is 0 Å². The Morgan fingerprint density at radius 2 is 1.50 bits per heavy atom. The van der Waals surface area contributed by atoms with Gasteiger partial charge in [-0.2, -0.15) is 0 Å². The molecule has 3 aromatic carbocycles. The van der Waals surface area contributed by atoms with E-state index in [1.54, 1.807) is 54.5 Å². The van der Waals surface area contributed by atoms with Gasteiger partial charge in [0, 0.05) is 62.5 Å². The molecule has 0 aromatic heterocycles. The van der Waals surface area contributed by atoms with E-state index < -0.39 is 5.82 Å². The first-order chi connectivity index (χ1) is 20.4. The molecule has 2 N–H and O–H groups in total. The highest BCUT2D eigenvalue weighted by Crippen LogP contribution is 2.30. The number of hydrogen-bond donors (Lipinski definition) is 2. The van der Waals surface area contributed by atoms with Crippen molar-refractivity contribution < 1.29 is 23.5 Å². The first-order valence-electron chi connectivity index (χ1n) is 14.3. The summed E-state index contributed by atoms with van der Waals surface area (Å²) in [6, 6.07) is 18.0. The van der Waals surface area contributed by atoms with E-state index in [-0.39, 0.29) is 17.7 Å². The Balaban J connectivity index is 1.40. The molecule has 9 nitrogen and oxygen atoms in total. The van der Waals surface area contributed by atoms with Crippen molar-refractivity contribution in [2.24, 2.45) is 0 Å². The van der Waals surface area contributed by atoms with Crippen LogP contribution in [0.4, 0.5) is 15.8 Å². The number of carbonyl (C=O) groups is 3. The van der Waals surface area contributed by atoms with Crippen LogP contribution in [0, 0.1) is 5.82 Å². The standard InChI is InChI=1S/C32H36FN5O4/c1-42-27-9-3-6-23(21-27)30(39)35-28-22-25(32(41)37-14-4-12-34-13-17-37)10-11-29(28)36-15-5-16-38(19-18-36)31(40)24-7-2-8-26(33)20-24/h2-3,6-11,20-22,34H,4-5,12-19H2,1H3,(H,35,39). The van der Waals surface area contributed by atoms with Crippen LogP contribution in [0.3, 0.4) is 0 Å². The molecule has 0 spiro atoms. The Morgan fingerprint density at radius 1 is 0.762 bits per heavy atom. The minimum Gasteiger partial charge on any atom is -0.497 e. The number of nitrogens with zero attached hydrogens (tertiary/aromatic N) is 3. The van der Waals surface area contributed by atoms with Crippen LogP contribution in [0.25, 0.3) is 0 Å². The normalized spacial score (nSPS) is 15.9. The number of methoxy groups -OCH3 is 1. The van der Waals surface area contributed by atoms with E-state index in [9.17, 15) is 18.8 Å². The summed E-state index contributed by atoms with van der Waals surface area (Å²) in [7, 11) is 1.55. The molecule has 0 saturated carbocycles. The maximum absolute atomic E-state index is 13.7. The molecule has 3 aromatic rings. The van der Waals surface area contributed by atoms with Gasteiger partial charge in [-0.3, -0.25) is 14.4 Å². The lowest BCUT2D eigenvalue weighted by Gasteiger charge is -2.27. The van der Waals surface area contributed by atoms with E-state index in [1.165, 1.54) is 18.2 Å². The second-order valence-electron chi connectivity index (χ2n) is 10.5. The van der Waals surface area contributed by atoms with Gasteiger partial charge in [0.2, 0.25) is 0 Å². The van der Waals surface area contributed by atoms with Crippen molar-refractivity contribution in [1.82, 2.24) is 15.1 Å². The van der Waals surface area contributed by atoms with Crippen LogP contribution < -0.4 is 20.3 Å². The number of benzene rings is 3. The number of nitrogens with one attached hydrogen (secondary N) is 2. The van der Waals surface area contributed by atoms with Gasteiger partial charge in [0.1, 0.15) is 11.6 Å². The van der Waals surface area contributed by atoms with Crippen molar-refractivity contribution in [3.05, 3.63) is 89.2 Å². The lowest BCUT2D eigenvalue weighted by Crippen LogP contribution is -2.35. The number of rotatable bonds is 6. The van der Waals surface area contributed by atoms with E-state index in [1.807, 2.05) is 11.0 Å². The number of halogens is 1. The molecule has 2 fully saturated rings. The summed E-state index contributed by atoms with van der Waals surface area (Å²) in [5.41, 5.74) is 2.53. The van der Waals surface area contributed by atoms with Crippen LogP contribution >= 0.6 is 0 Å². The van der Waals surface area contributed by atoms with Gasteiger partial charge in [0.05, 0.1) is 18.5 Å². The molecule has 0 radical (unpaired) electrons. The van der Waals surface area contributed by atoms with E-state index in [4.69, 9.17) is 4.74 Å². The number of carbonyl (C=O) groups excluding carboxylic acids is 3. The first kappa shape index (κ1) is 29.1. The third-order valence-corrected chi connectivity index (χ3v) is 7.65. The molecule has 3 amide bonds. The summed E-state index contributed by atoms with van der Waals surface area (Å²) in [6.45, 7) is 5.00. The summed E-state index contributed by atoms with van der Waals surface area (Å²) in [4.78, 5) is 45.6. The van der Waals surface area contributed by atoms with Crippen LogP contribution in [0.5, 0.6) is 5.75 Å². The third kappa shape index (κ3) is 6.88. The zero-order valence-corrected chi connectivity index (χ0v) is 23.8. The van der Waals surface area contributed by atoms with Gasteiger partial charge in [-0.05, 0) is 74.0 Å². The van der Waals surface area contributed by atoms with E-state index in [0.29, 0.717) is 73.8 Å². The summed E-state index contributed by atoms with van der Waals surface area (Å²) in [6.07, 6.45) is 1.56. The van der Waals surface area contributed by atoms with E-state index in [2.05, 4.69) is 15.5 Å². The maximum Gasteiger partial charge on any atom is 0.255 e. The molecule has 220 valence electrons. The molecule has 0 bridgehead atoms. The molecule has 2 aliphatic rings. The van der Waals surface area contributed by atoms with Crippen molar-refractivity contribution in [3.63, 3.8) is 0 Å². The molecule has 10 heteroatoms. The molecule has 0 aliphatic carbocycles. The Kier molecular flexibility index (Phi) is 9.33. The summed E-state index contributed by atoms with van der Waals surface area (Å²) >= 11 is 0. The smallest absolute Gasteiger partial charge is 0.255 e. The van der Waals surface area contributed by atoms with Gasteiger partial charge in [-0.25, -0.2) is 4.39 Å². The highest BCUT2D eigenvalue weighted by Gasteiger charge is 2.25. The Morgan fingerprint density at radius 3 is 2.31 bits per heavy atom. The van der Waals surface area contributed by atoms with Crippen LogP contribution in [0.15, 0.2) is 66.7 Å². The topological polar surface area (TPSA) is 94.2 Å². The molecular weight excluding hydrogens is 537 g/mol. The van der Waals surface area contributed by atoms with Gasteiger partial charge in [0.15, 0.2) is 0 Å². The zero-order valence-electron chi connectivity index (χ0n) is 23.8. The second kappa shape index (κ2) is 13.5. The predicted octanol–water partition coefficient (Wildman–Crippen LogP) is 3.87. The number of hydrogen-bond acceptors (Lipinski definition) is 6. The largest absolute Gasteiger partial charge is 0.497 e. The van der Waals surface area contributed by atoms with Crippen molar-refractivity contribution in [3.8, 4) is 5.75 Å². The number of ether oxygens (including phenoxy) is 1. The van der Waals surface area contributed by atoms with Gasteiger partial charge in [0.25, 0.3) is 17.7 Å². The highest BCUT2D eigenvalue weighted by atomic mass is 19.1. The molecule has 0 atom stereocenters. The fourth-order valence-corrected chi connectivity index (χ4v) is 5.40. The predicted molar refractivity (Wildman–Crippen MR) is 160 cm³/mol. The Hall–Kier alpha value is -4.44. The maximum atomic E-state index is 13.7. The monoisotopic (exact) mass is 573 g/mol. The molecule has 42 heavy (non-hydrogen) atoms. The summed E-state index contributed by atoms with van der Waals surface area (Å²) < 4.78 is 19.0. The fraction of sp³-hybridized carbons (Fsp3) is 0.344. The van der Waals surface area contributed by atoms with Crippen molar-refractivity contribution in [1.29, 1.82) is 0 Å². The van der Waals surface area contributed by atoms with Crippen LogP contribution in [0.1, 0.15) is 43.9 Å². The number of amides is 3. The molecule has 2 aliphatic heterocycles. The second-order valence-corrected chi connectivity index (χ2v) is 10.5. The SMILES string of the molecule is COc1cccc(C(=O)Nc2cc(C(=O)N3CCCNCC3)ccc2N2CCCN(C(=O)c3cccc(F)c3)CC2)c1.